The standard InChI is InChI=1S/C14H20F3N3O/c1-9(10-3-6-21-7-4-10)20-12-2-5-18-8-11(12)19-13(20)14(15,16)17/h9-10,18H,2-8H2,1H3. The highest BCUT2D eigenvalue weighted by Crippen LogP contribution is 2.37. The van der Waals surface area contributed by atoms with Crippen molar-refractivity contribution in [2.75, 3.05) is 19.8 Å². The maximum absolute atomic E-state index is 13.3. The molecule has 1 fully saturated rings. The van der Waals surface area contributed by atoms with Gasteiger partial charge in [0.15, 0.2) is 0 Å². The number of aromatic nitrogens is 2. The summed E-state index contributed by atoms with van der Waals surface area (Å²) in [5.41, 5.74) is 1.30. The average molecular weight is 303 g/mol. The van der Waals surface area contributed by atoms with Crippen LogP contribution in [0.15, 0.2) is 0 Å². The second kappa shape index (κ2) is 5.61. The molecule has 2 aliphatic heterocycles. The molecule has 1 unspecified atom stereocenters. The van der Waals surface area contributed by atoms with Crippen LogP contribution in [0.25, 0.3) is 0 Å². The zero-order valence-electron chi connectivity index (χ0n) is 12.0. The number of halogens is 3. The molecule has 0 radical (unpaired) electrons. The monoisotopic (exact) mass is 303 g/mol. The Kier molecular flexibility index (Phi) is 3.96. The summed E-state index contributed by atoms with van der Waals surface area (Å²) in [4.78, 5) is 3.88. The molecule has 0 amide bonds. The Hall–Kier alpha value is -1.08. The van der Waals surface area contributed by atoms with Gasteiger partial charge in [0.1, 0.15) is 0 Å². The third-order valence-corrected chi connectivity index (χ3v) is 4.53. The van der Waals surface area contributed by atoms with Gasteiger partial charge in [-0.3, -0.25) is 0 Å². The minimum atomic E-state index is -4.41. The number of hydrogen-bond donors (Lipinski definition) is 1. The first-order valence-electron chi connectivity index (χ1n) is 7.44. The van der Waals surface area contributed by atoms with Crippen molar-refractivity contribution in [1.82, 2.24) is 14.9 Å². The van der Waals surface area contributed by atoms with Crippen molar-refractivity contribution >= 4 is 0 Å². The van der Waals surface area contributed by atoms with Crippen LogP contribution in [-0.2, 0) is 23.9 Å². The van der Waals surface area contributed by atoms with Gasteiger partial charge < -0.3 is 14.6 Å². The Morgan fingerprint density at radius 3 is 2.71 bits per heavy atom. The summed E-state index contributed by atoms with van der Waals surface area (Å²) in [6.45, 7) is 4.28. The molecule has 1 aromatic heterocycles. The lowest BCUT2D eigenvalue weighted by molar-refractivity contribution is -0.148. The normalized spacial score (nSPS) is 22.1. The minimum absolute atomic E-state index is 0.195. The second-order valence-corrected chi connectivity index (χ2v) is 5.81. The van der Waals surface area contributed by atoms with E-state index in [4.69, 9.17) is 4.74 Å². The summed E-state index contributed by atoms with van der Waals surface area (Å²) in [6.07, 6.45) is -2.18. The molecule has 0 bridgehead atoms. The summed E-state index contributed by atoms with van der Waals surface area (Å²) in [5.74, 6) is -0.525. The van der Waals surface area contributed by atoms with Crippen LogP contribution in [0.5, 0.6) is 0 Å². The molecule has 118 valence electrons. The zero-order valence-corrected chi connectivity index (χ0v) is 12.0. The summed E-state index contributed by atoms with van der Waals surface area (Å²) in [5, 5.41) is 3.09. The summed E-state index contributed by atoms with van der Waals surface area (Å²) in [6, 6.07) is -0.195. The van der Waals surface area contributed by atoms with E-state index in [1.54, 1.807) is 0 Å². The van der Waals surface area contributed by atoms with Crippen LogP contribution in [-0.4, -0.2) is 29.3 Å². The number of nitrogens with one attached hydrogen (secondary N) is 1. The zero-order chi connectivity index (χ0) is 15.0. The molecule has 1 aromatic rings. The van der Waals surface area contributed by atoms with E-state index in [1.807, 2.05) is 6.92 Å². The van der Waals surface area contributed by atoms with Gasteiger partial charge in [0.05, 0.1) is 5.69 Å². The maximum atomic E-state index is 13.3. The first-order chi connectivity index (χ1) is 9.98. The molecule has 0 spiro atoms. The van der Waals surface area contributed by atoms with Crippen LogP contribution >= 0.6 is 0 Å². The molecule has 0 saturated carbocycles. The SMILES string of the molecule is CC(C1CCOCC1)n1c(C(F)(F)F)nc2c1CCNC2. The van der Waals surface area contributed by atoms with Crippen LogP contribution in [0.3, 0.4) is 0 Å². The first-order valence-corrected chi connectivity index (χ1v) is 7.44. The number of alkyl halides is 3. The lowest BCUT2D eigenvalue weighted by atomic mass is 9.92. The fourth-order valence-corrected chi connectivity index (χ4v) is 3.38. The molecule has 3 heterocycles. The molecule has 2 aliphatic rings. The largest absolute Gasteiger partial charge is 0.449 e. The van der Waals surface area contributed by atoms with Gasteiger partial charge in [0.25, 0.3) is 0 Å². The van der Waals surface area contributed by atoms with Crippen molar-refractivity contribution in [3.63, 3.8) is 0 Å². The Balaban J connectivity index is 2.00. The summed E-state index contributed by atoms with van der Waals surface area (Å²) < 4.78 is 46.8. The number of rotatable bonds is 2. The van der Waals surface area contributed by atoms with E-state index in [2.05, 4.69) is 10.3 Å². The Morgan fingerprint density at radius 1 is 1.33 bits per heavy atom. The van der Waals surface area contributed by atoms with E-state index >= 15 is 0 Å². The third-order valence-electron chi connectivity index (χ3n) is 4.53. The van der Waals surface area contributed by atoms with Crippen molar-refractivity contribution in [3.8, 4) is 0 Å². The van der Waals surface area contributed by atoms with Gasteiger partial charge in [-0.05, 0) is 25.7 Å². The first kappa shape index (κ1) is 14.8. The van der Waals surface area contributed by atoms with Crippen molar-refractivity contribution < 1.29 is 17.9 Å². The number of ether oxygens (including phenoxy) is 1. The van der Waals surface area contributed by atoms with Crippen molar-refractivity contribution in [1.29, 1.82) is 0 Å². The van der Waals surface area contributed by atoms with E-state index in [0.717, 1.165) is 18.5 Å². The lowest BCUT2D eigenvalue weighted by Gasteiger charge is -2.31. The quantitative estimate of drug-likeness (QED) is 0.912. The van der Waals surface area contributed by atoms with Crippen molar-refractivity contribution in [2.24, 2.45) is 5.92 Å². The predicted molar refractivity (Wildman–Crippen MR) is 70.9 cm³/mol. The molecular weight excluding hydrogens is 283 g/mol. The van der Waals surface area contributed by atoms with E-state index in [9.17, 15) is 13.2 Å². The smallest absolute Gasteiger partial charge is 0.381 e. The average Bonchev–Trinajstić information content (AvgIpc) is 2.87. The molecule has 1 N–H and O–H groups in total. The Bertz CT molecular complexity index is 506. The molecule has 7 heteroatoms. The minimum Gasteiger partial charge on any atom is -0.381 e. The van der Waals surface area contributed by atoms with E-state index in [1.165, 1.54) is 4.57 Å². The van der Waals surface area contributed by atoms with Crippen LogP contribution in [0.1, 0.15) is 43.0 Å². The molecule has 3 rings (SSSR count). The van der Waals surface area contributed by atoms with Gasteiger partial charge >= 0.3 is 6.18 Å². The van der Waals surface area contributed by atoms with Crippen LogP contribution in [0, 0.1) is 5.92 Å². The fourth-order valence-electron chi connectivity index (χ4n) is 3.38. The Labute approximate surface area is 121 Å². The molecule has 21 heavy (non-hydrogen) atoms. The summed E-state index contributed by atoms with van der Waals surface area (Å²) in [7, 11) is 0. The summed E-state index contributed by atoms with van der Waals surface area (Å²) >= 11 is 0. The van der Waals surface area contributed by atoms with Crippen LogP contribution in [0.4, 0.5) is 13.2 Å². The third kappa shape index (κ3) is 2.81. The molecule has 0 aromatic carbocycles. The van der Waals surface area contributed by atoms with Crippen LogP contribution in [0.2, 0.25) is 0 Å². The van der Waals surface area contributed by atoms with Crippen molar-refractivity contribution in [3.05, 3.63) is 17.2 Å². The highest BCUT2D eigenvalue weighted by atomic mass is 19.4. The number of fused-ring (bicyclic) bond motifs is 1. The highest BCUT2D eigenvalue weighted by molar-refractivity contribution is 5.22. The lowest BCUT2D eigenvalue weighted by Crippen LogP contribution is -2.30. The van der Waals surface area contributed by atoms with E-state index < -0.39 is 12.0 Å². The van der Waals surface area contributed by atoms with Crippen molar-refractivity contribution in [2.45, 2.75) is 44.9 Å². The van der Waals surface area contributed by atoms with Gasteiger partial charge in [-0.2, -0.15) is 13.2 Å². The predicted octanol–water partition coefficient (Wildman–Crippen LogP) is 2.54. The van der Waals surface area contributed by atoms with E-state index in [-0.39, 0.29) is 12.0 Å². The molecule has 1 atom stereocenters. The second-order valence-electron chi connectivity index (χ2n) is 5.81. The van der Waals surface area contributed by atoms with Gasteiger partial charge in [-0.25, -0.2) is 4.98 Å². The Morgan fingerprint density at radius 2 is 2.05 bits per heavy atom. The molecule has 4 nitrogen and oxygen atoms in total. The number of imidazole rings is 1. The number of nitrogens with zero attached hydrogens (tertiary/aromatic N) is 2. The van der Waals surface area contributed by atoms with Gasteiger partial charge in [-0.1, -0.05) is 0 Å². The molecule has 1 saturated heterocycles. The maximum Gasteiger partial charge on any atom is 0.449 e. The van der Waals surface area contributed by atoms with Gasteiger partial charge in [-0.15, -0.1) is 0 Å². The van der Waals surface area contributed by atoms with Crippen LogP contribution < -0.4 is 5.32 Å². The topological polar surface area (TPSA) is 39.1 Å². The number of hydrogen-bond acceptors (Lipinski definition) is 3. The molecule has 0 aliphatic carbocycles. The highest BCUT2D eigenvalue weighted by Gasteiger charge is 2.41. The fraction of sp³-hybridized carbons (Fsp3) is 0.786. The molecular formula is C14H20F3N3O. The van der Waals surface area contributed by atoms with Gasteiger partial charge in [0, 0.05) is 44.5 Å². The van der Waals surface area contributed by atoms with Gasteiger partial charge in [0.2, 0.25) is 5.82 Å². The van der Waals surface area contributed by atoms with E-state index in [0.29, 0.717) is 38.4 Å².